The van der Waals surface area contributed by atoms with Gasteiger partial charge in [-0.05, 0) is 69.7 Å². The van der Waals surface area contributed by atoms with Crippen LogP contribution in [0.1, 0.15) is 41.2 Å². The minimum Gasteiger partial charge on any atom is -0.376 e. The molecule has 1 aliphatic rings. The predicted molar refractivity (Wildman–Crippen MR) is 179 cm³/mol. The molecule has 0 unspecified atom stereocenters. The Kier molecular flexibility index (Phi) is 16.2. The number of ether oxygens (including phenoxy) is 2. The van der Waals surface area contributed by atoms with Crippen LogP contribution in [0.25, 0.3) is 0 Å². The number of rotatable bonds is 16. The van der Waals surface area contributed by atoms with Crippen LogP contribution in [0.3, 0.4) is 0 Å². The fourth-order valence-electron chi connectivity index (χ4n) is 4.47. The maximum Gasteiger partial charge on any atom is 0.222 e. The highest BCUT2D eigenvalue weighted by Crippen LogP contribution is 2.41. The molecule has 0 radical (unpaired) electrons. The molecule has 1 aliphatic heterocycles. The Balaban J connectivity index is 1.54. The van der Waals surface area contributed by atoms with Gasteiger partial charge in [0, 0.05) is 30.8 Å². The summed E-state index contributed by atoms with van der Waals surface area (Å²) in [6.45, 7) is 2.65. The van der Waals surface area contributed by atoms with Crippen molar-refractivity contribution in [3.63, 3.8) is 0 Å². The van der Waals surface area contributed by atoms with Crippen molar-refractivity contribution in [1.82, 2.24) is 10.2 Å². The average molecular weight is 798 g/mol. The maximum atomic E-state index is 12.0. The van der Waals surface area contributed by atoms with Crippen molar-refractivity contribution in [2.75, 3.05) is 39.5 Å². The molecule has 1 heterocycles. The molecule has 0 bridgehead atoms. The lowest BCUT2D eigenvalue weighted by atomic mass is 9.94. The number of terminal acetylenes is 1. The van der Waals surface area contributed by atoms with Crippen molar-refractivity contribution < 1.29 is 21.2 Å². The van der Waals surface area contributed by atoms with Gasteiger partial charge in [-0.25, -0.2) is 0 Å². The molecule has 0 spiro atoms. The van der Waals surface area contributed by atoms with Crippen molar-refractivity contribution in [3.05, 3.63) is 64.7 Å². The van der Waals surface area contributed by atoms with E-state index in [-0.39, 0.29) is 29.7 Å². The Labute approximate surface area is 279 Å². The van der Waals surface area contributed by atoms with E-state index in [0.717, 1.165) is 33.6 Å². The van der Waals surface area contributed by atoms with Crippen molar-refractivity contribution >= 4 is 78.6 Å². The second-order valence-corrected chi connectivity index (χ2v) is 12.6. The third-order valence-corrected chi connectivity index (χ3v) is 9.76. The van der Waals surface area contributed by atoms with Gasteiger partial charge >= 0.3 is 0 Å². The summed E-state index contributed by atoms with van der Waals surface area (Å²) in [4.78, 5) is 15.0. The van der Waals surface area contributed by atoms with Crippen LogP contribution in [0.15, 0.2) is 47.4 Å². The zero-order valence-electron chi connectivity index (χ0n) is 23.0. The largest absolute Gasteiger partial charge is 0.376 e. The standard InChI is InChI=1S/C29H35BrClIN2O5S2/c1-4-13-34(2)14-12-33-27(35)11-15-36-19-21-7-5-20(6-8-21)16-23-17-22(9-10-26(23)41-31)28-24(39-32)18-25(38-30)29(37-28)40-3/h1,5-10,17,24-25,28-29H,11-16,18-19H2,2-3H3,(H,33,35)/t24-,25+,28+,29-/m1/s1. The van der Waals surface area contributed by atoms with Crippen molar-refractivity contribution in [3.8, 4) is 12.3 Å². The number of carbonyl (C=O) groups excluding carboxylic acids is 1. The monoisotopic (exact) mass is 796 g/mol. The molecule has 1 saturated heterocycles. The zero-order chi connectivity index (χ0) is 29.6. The number of carbonyl (C=O) groups is 1. The fourth-order valence-corrected chi connectivity index (χ4v) is 6.94. The number of nitrogens with zero attached hydrogens (tertiary/aromatic N) is 1. The van der Waals surface area contributed by atoms with Crippen LogP contribution in [0.4, 0.5) is 0 Å². The molecule has 1 amide bonds. The van der Waals surface area contributed by atoms with Crippen molar-refractivity contribution in [2.24, 2.45) is 0 Å². The van der Waals surface area contributed by atoms with Crippen LogP contribution in [0, 0.1) is 12.3 Å². The van der Waals surface area contributed by atoms with Gasteiger partial charge in [-0.15, -0.1) is 18.2 Å². The number of amides is 1. The van der Waals surface area contributed by atoms with Gasteiger partial charge in [0.05, 0.1) is 36.0 Å². The Morgan fingerprint density at radius 1 is 1.27 bits per heavy atom. The molecular weight excluding hydrogens is 763 g/mol. The zero-order valence-corrected chi connectivity index (χ0v) is 29.2. The lowest BCUT2D eigenvalue weighted by Crippen LogP contribution is -2.41. The summed E-state index contributed by atoms with van der Waals surface area (Å²) in [6.07, 6.45) is 8.60. The third-order valence-electron chi connectivity index (χ3n) is 6.68. The fraction of sp³-hybridized carbons (Fsp3) is 0.483. The van der Waals surface area contributed by atoms with Crippen LogP contribution in [-0.4, -0.2) is 68.0 Å². The Morgan fingerprint density at radius 3 is 2.68 bits per heavy atom. The van der Waals surface area contributed by atoms with Gasteiger partial charge < -0.3 is 21.7 Å². The van der Waals surface area contributed by atoms with E-state index in [4.69, 9.17) is 33.5 Å². The van der Waals surface area contributed by atoms with Gasteiger partial charge in [0.2, 0.25) is 5.91 Å². The van der Waals surface area contributed by atoms with Crippen LogP contribution in [-0.2, 0) is 34.2 Å². The molecule has 224 valence electrons. The van der Waals surface area contributed by atoms with Crippen LogP contribution >= 0.6 is 72.7 Å². The molecular formula is C29H35BrClIN2O5S2. The first-order chi connectivity index (χ1) is 19.9. The molecule has 0 aromatic heterocycles. The van der Waals surface area contributed by atoms with E-state index in [1.165, 1.54) is 11.0 Å². The number of likely N-dealkylation sites (N-methyl/N-ethyl adjacent to an activating group) is 1. The Bertz CT molecular complexity index is 1140. The Morgan fingerprint density at radius 2 is 2.02 bits per heavy atom. The van der Waals surface area contributed by atoms with E-state index in [9.17, 15) is 4.79 Å². The van der Waals surface area contributed by atoms with Gasteiger partial charge in [0.25, 0.3) is 0 Å². The minimum absolute atomic E-state index is 0.0279. The molecule has 7 nitrogen and oxygen atoms in total. The van der Waals surface area contributed by atoms with Gasteiger partial charge in [-0.1, -0.05) is 42.3 Å². The second kappa shape index (κ2) is 19.0. The van der Waals surface area contributed by atoms with Gasteiger partial charge in [0.1, 0.15) is 46.8 Å². The van der Waals surface area contributed by atoms with E-state index in [2.05, 4.69) is 63.9 Å². The summed E-state index contributed by atoms with van der Waals surface area (Å²) < 4.78 is 23.4. The predicted octanol–water partition coefficient (Wildman–Crippen LogP) is 6.69. The highest BCUT2D eigenvalue weighted by molar-refractivity contribution is 14.1. The Hall–Kier alpha value is -0.530. The lowest BCUT2D eigenvalue weighted by Gasteiger charge is -2.38. The van der Waals surface area contributed by atoms with E-state index in [1.54, 1.807) is 11.8 Å². The summed E-state index contributed by atoms with van der Waals surface area (Å²) in [7, 11) is 9.37. The smallest absolute Gasteiger partial charge is 0.222 e. The molecule has 0 saturated carbocycles. The number of hydrogen-bond donors (Lipinski definition) is 1. The van der Waals surface area contributed by atoms with E-state index in [0.29, 0.717) is 45.7 Å². The first-order valence-electron chi connectivity index (χ1n) is 13.1. The summed E-state index contributed by atoms with van der Waals surface area (Å²) in [5.41, 5.74) is 4.28. The van der Waals surface area contributed by atoms with Gasteiger partial charge in [0.15, 0.2) is 0 Å². The highest BCUT2D eigenvalue weighted by Gasteiger charge is 2.40. The van der Waals surface area contributed by atoms with E-state index < -0.39 is 0 Å². The molecule has 0 aliphatic carbocycles. The number of thioether (sulfide) groups is 1. The second-order valence-electron chi connectivity index (χ2n) is 9.68. The SMILES string of the molecule is C#CCN(C)CCNC(=O)CCOCc1ccc(Cc2cc([C@@H]3O[C@H](SC)[C@@H](OBr)C[C@H]3OI)ccc2SCl)cc1. The topological polar surface area (TPSA) is 69.3 Å². The molecule has 12 heteroatoms. The number of benzene rings is 2. The molecule has 3 rings (SSSR count). The summed E-state index contributed by atoms with van der Waals surface area (Å²) in [5, 5.41) is 2.89. The number of halogens is 3. The minimum atomic E-state index is -0.215. The molecule has 1 N–H and O–H groups in total. The van der Waals surface area contributed by atoms with Crippen LogP contribution in [0.2, 0.25) is 0 Å². The summed E-state index contributed by atoms with van der Waals surface area (Å²) >= 11 is 6.70. The number of nitrogens with one attached hydrogen (secondary N) is 1. The maximum absolute atomic E-state index is 12.0. The van der Waals surface area contributed by atoms with E-state index in [1.807, 2.05) is 47.3 Å². The lowest BCUT2D eigenvalue weighted by molar-refractivity contribution is -0.122. The first-order valence-corrected chi connectivity index (χ1v) is 17.6. The first kappa shape index (κ1) is 35.0. The quantitative estimate of drug-likeness (QED) is 0.115. The normalized spacial score (nSPS) is 20.6. The molecule has 41 heavy (non-hydrogen) atoms. The third kappa shape index (κ3) is 11.2. The molecule has 4 atom stereocenters. The number of hydrogen-bond acceptors (Lipinski definition) is 8. The highest BCUT2D eigenvalue weighted by atomic mass is 127. The van der Waals surface area contributed by atoms with Crippen LogP contribution in [0.5, 0.6) is 0 Å². The summed E-state index contributed by atoms with van der Waals surface area (Å²) in [6, 6.07) is 14.6. The van der Waals surface area contributed by atoms with Gasteiger partial charge in [-0.3, -0.25) is 9.69 Å². The van der Waals surface area contributed by atoms with Crippen molar-refractivity contribution in [2.45, 2.75) is 54.5 Å². The summed E-state index contributed by atoms with van der Waals surface area (Å²) in [5.74, 6) is 2.55. The van der Waals surface area contributed by atoms with Gasteiger partial charge in [-0.2, -0.15) is 0 Å². The average Bonchev–Trinajstić information content (AvgIpc) is 2.99. The molecule has 2 aromatic rings. The van der Waals surface area contributed by atoms with Crippen molar-refractivity contribution in [1.29, 1.82) is 0 Å². The molecule has 2 aromatic carbocycles. The van der Waals surface area contributed by atoms with Crippen LogP contribution < -0.4 is 5.32 Å². The molecule has 1 fully saturated rings. The van der Waals surface area contributed by atoms with E-state index >= 15 is 0 Å².